The maximum atomic E-state index is 11.3. The van der Waals surface area contributed by atoms with Gasteiger partial charge in [-0.25, -0.2) is 9.89 Å². The summed E-state index contributed by atoms with van der Waals surface area (Å²) in [5.41, 5.74) is -0.101. The maximum Gasteiger partial charge on any atom is 0.344 e. The average molecular weight is 209 g/mol. The van der Waals surface area contributed by atoms with Crippen molar-refractivity contribution in [3.63, 3.8) is 0 Å². The van der Waals surface area contributed by atoms with Gasteiger partial charge in [0.25, 0.3) is 0 Å². The third-order valence-corrected chi connectivity index (χ3v) is 3.02. The molecule has 1 aromatic rings. The number of nitrogens with zero attached hydrogens (tertiary/aromatic N) is 2. The van der Waals surface area contributed by atoms with Gasteiger partial charge in [-0.15, -0.1) is 17.4 Å². The van der Waals surface area contributed by atoms with Crippen molar-refractivity contribution in [3.8, 4) is 12.3 Å². The Labute approximate surface area is 86.1 Å². The Morgan fingerprint density at radius 2 is 2.50 bits per heavy atom. The minimum Gasteiger partial charge on any atom is -0.267 e. The Hall–Kier alpha value is -1.15. The normalized spacial score (nSPS) is 15.4. The summed E-state index contributed by atoms with van der Waals surface area (Å²) in [6.07, 6.45) is 8.02. The van der Waals surface area contributed by atoms with E-state index in [1.54, 1.807) is 4.57 Å². The Morgan fingerprint density at radius 3 is 3.14 bits per heavy atom. The molecular weight excluding hydrogens is 198 g/mol. The number of H-pyrrole nitrogens is 1. The van der Waals surface area contributed by atoms with E-state index in [0.717, 1.165) is 23.8 Å². The van der Waals surface area contributed by atoms with Crippen molar-refractivity contribution in [3.05, 3.63) is 10.5 Å². The van der Waals surface area contributed by atoms with Crippen LogP contribution >= 0.6 is 11.8 Å². The van der Waals surface area contributed by atoms with E-state index in [2.05, 4.69) is 16.1 Å². The average Bonchev–Trinajstić information content (AvgIpc) is 2.93. The van der Waals surface area contributed by atoms with Crippen LogP contribution < -0.4 is 5.69 Å². The van der Waals surface area contributed by atoms with E-state index in [-0.39, 0.29) is 5.69 Å². The van der Waals surface area contributed by atoms with Crippen LogP contribution in [0.1, 0.15) is 25.3 Å². The molecule has 1 aliphatic carbocycles. The lowest BCUT2D eigenvalue weighted by atomic mass is 10.5. The van der Waals surface area contributed by atoms with Gasteiger partial charge in [-0.05, 0) is 12.8 Å². The van der Waals surface area contributed by atoms with E-state index in [1.807, 2.05) is 0 Å². The molecule has 0 spiro atoms. The van der Waals surface area contributed by atoms with Gasteiger partial charge in [-0.2, -0.15) is 0 Å². The molecule has 0 atom stereocenters. The minimum absolute atomic E-state index is 0.101. The smallest absolute Gasteiger partial charge is 0.267 e. The molecule has 0 unspecified atom stereocenters. The van der Waals surface area contributed by atoms with Crippen LogP contribution in [0, 0.1) is 12.3 Å². The Morgan fingerprint density at radius 1 is 1.71 bits per heavy atom. The molecule has 0 bridgehead atoms. The fraction of sp³-hybridized carbons (Fsp3) is 0.556. The lowest BCUT2D eigenvalue weighted by Crippen LogP contribution is -2.16. The highest BCUT2D eigenvalue weighted by molar-refractivity contribution is 7.99. The van der Waals surface area contributed by atoms with Crippen molar-refractivity contribution in [1.82, 2.24) is 14.8 Å². The van der Waals surface area contributed by atoms with Crippen LogP contribution in [0.4, 0.5) is 0 Å². The highest BCUT2D eigenvalue weighted by atomic mass is 32.2. The predicted molar refractivity (Wildman–Crippen MR) is 55.3 cm³/mol. The molecular formula is C9H11N3OS. The predicted octanol–water partition coefficient (Wildman–Crippen LogP) is 1.02. The number of terminal acetylenes is 1. The summed E-state index contributed by atoms with van der Waals surface area (Å²) in [4.78, 5) is 11.3. The van der Waals surface area contributed by atoms with Gasteiger partial charge in [0.05, 0.1) is 0 Å². The first-order chi connectivity index (χ1) is 6.83. The second kappa shape index (κ2) is 3.93. The fourth-order valence-electron chi connectivity index (χ4n) is 1.25. The lowest BCUT2D eigenvalue weighted by Gasteiger charge is -2.00. The maximum absolute atomic E-state index is 11.3. The van der Waals surface area contributed by atoms with Gasteiger partial charge in [0.15, 0.2) is 5.16 Å². The van der Waals surface area contributed by atoms with E-state index in [9.17, 15) is 4.79 Å². The van der Waals surface area contributed by atoms with Crippen LogP contribution in [-0.2, 0) is 0 Å². The van der Waals surface area contributed by atoms with Crippen molar-refractivity contribution in [2.45, 2.75) is 30.5 Å². The zero-order valence-electron chi connectivity index (χ0n) is 7.69. The highest BCUT2D eigenvalue weighted by Gasteiger charge is 2.28. The summed E-state index contributed by atoms with van der Waals surface area (Å²) in [5, 5.41) is 7.21. The Bertz CT molecular complexity index is 410. The topological polar surface area (TPSA) is 50.7 Å². The van der Waals surface area contributed by atoms with Gasteiger partial charge in [0.1, 0.15) is 0 Å². The molecule has 5 heteroatoms. The molecule has 14 heavy (non-hydrogen) atoms. The molecule has 4 nitrogen and oxygen atoms in total. The quantitative estimate of drug-likeness (QED) is 0.457. The lowest BCUT2D eigenvalue weighted by molar-refractivity contribution is 0.642. The fourth-order valence-corrected chi connectivity index (χ4v) is 2.13. The number of hydrogen-bond acceptors (Lipinski definition) is 3. The highest BCUT2D eigenvalue weighted by Crippen LogP contribution is 2.35. The molecule has 1 aromatic heterocycles. The van der Waals surface area contributed by atoms with Crippen molar-refractivity contribution in [2.24, 2.45) is 0 Å². The molecule has 2 rings (SSSR count). The number of thioether (sulfide) groups is 1. The Kier molecular flexibility index (Phi) is 2.64. The standard InChI is InChI=1S/C9H11N3OS/c1-2-3-6-14-9-11-10-8(13)12(9)7-4-5-7/h1,7H,3-6H2,(H,10,13). The summed E-state index contributed by atoms with van der Waals surface area (Å²) < 4.78 is 1.74. The van der Waals surface area contributed by atoms with Crippen LogP contribution in [0.3, 0.4) is 0 Å². The van der Waals surface area contributed by atoms with Crippen LogP contribution in [0.5, 0.6) is 0 Å². The van der Waals surface area contributed by atoms with E-state index >= 15 is 0 Å². The largest absolute Gasteiger partial charge is 0.344 e. The van der Waals surface area contributed by atoms with E-state index in [0.29, 0.717) is 12.5 Å². The summed E-state index contributed by atoms with van der Waals surface area (Å²) in [6, 6.07) is 0.370. The zero-order chi connectivity index (χ0) is 9.97. The first-order valence-corrected chi connectivity index (χ1v) is 5.54. The van der Waals surface area contributed by atoms with Crippen molar-refractivity contribution in [1.29, 1.82) is 0 Å². The minimum atomic E-state index is -0.101. The third kappa shape index (κ3) is 1.85. The second-order valence-electron chi connectivity index (χ2n) is 3.22. The number of nitrogens with one attached hydrogen (secondary N) is 1. The SMILES string of the molecule is C#CCCSc1n[nH]c(=O)n1C1CC1. The molecule has 0 aromatic carbocycles. The van der Waals surface area contributed by atoms with Gasteiger partial charge in [-0.1, -0.05) is 11.8 Å². The van der Waals surface area contributed by atoms with Gasteiger partial charge in [-0.3, -0.25) is 4.57 Å². The number of hydrogen-bond donors (Lipinski definition) is 1. The van der Waals surface area contributed by atoms with Gasteiger partial charge >= 0.3 is 5.69 Å². The molecule has 0 amide bonds. The van der Waals surface area contributed by atoms with Crippen LogP contribution in [0.15, 0.2) is 9.95 Å². The summed E-state index contributed by atoms with van der Waals surface area (Å²) in [7, 11) is 0. The molecule has 0 radical (unpaired) electrons. The van der Waals surface area contributed by atoms with Crippen molar-refractivity contribution in [2.75, 3.05) is 5.75 Å². The summed E-state index contributed by atoms with van der Waals surface area (Å²) in [5.74, 6) is 3.38. The molecule has 0 saturated heterocycles. The van der Waals surface area contributed by atoms with E-state index in [1.165, 1.54) is 11.8 Å². The van der Waals surface area contributed by atoms with Crippen LogP contribution in [0.2, 0.25) is 0 Å². The van der Waals surface area contributed by atoms with Gasteiger partial charge in [0, 0.05) is 18.2 Å². The molecule has 1 fully saturated rings. The zero-order valence-corrected chi connectivity index (χ0v) is 8.51. The van der Waals surface area contributed by atoms with E-state index in [4.69, 9.17) is 6.42 Å². The molecule has 1 saturated carbocycles. The molecule has 1 aliphatic rings. The van der Waals surface area contributed by atoms with Crippen molar-refractivity contribution >= 4 is 11.8 Å². The molecule has 1 heterocycles. The second-order valence-corrected chi connectivity index (χ2v) is 4.28. The monoisotopic (exact) mass is 209 g/mol. The summed E-state index contributed by atoms with van der Waals surface area (Å²) in [6.45, 7) is 0. The molecule has 0 aliphatic heterocycles. The molecule has 1 N–H and O–H groups in total. The van der Waals surface area contributed by atoms with Crippen LogP contribution in [0.25, 0.3) is 0 Å². The van der Waals surface area contributed by atoms with Gasteiger partial charge in [0.2, 0.25) is 0 Å². The van der Waals surface area contributed by atoms with Crippen LogP contribution in [-0.4, -0.2) is 20.5 Å². The van der Waals surface area contributed by atoms with Crippen molar-refractivity contribution < 1.29 is 0 Å². The third-order valence-electron chi connectivity index (χ3n) is 2.06. The number of rotatable bonds is 4. The Balaban J connectivity index is 2.09. The van der Waals surface area contributed by atoms with Gasteiger partial charge < -0.3 is 0 Å². The summed E-state index contributed by atoms with van der Waals surface area (Å²) >= 11 is 1.54. The molecule has 74 valence electrons. The number of aromatic nitrogens is 3. The first-order valence-electron chi connectivity index (χ1n) is 4.56. The first kappa shape index (κ1) is 9.41. The number of aromatic amines is 1. The van der Waals surface area contributed by atoms with E-state index < -0.39 is 0 Å².